The van der Waals surface area contributed by atoms with Crippen molar-refractivity contribution in [3.05, 3.63) is 18.2 Å². The maximum absolute atomic E-state index is 5.87. The van der Waals surface area contributed by atoms with Crippen molar-refractivity contribution in [1.29, 1.82) is 0 Å². The molecule has 1 aromatic heterocycles. The Morgan fingerprint density at radius 2 is 2.38 bits per heavy atom. The summed E-state index contributed by atoms with van der Waals surface area (Å²) in [6.07, 6.45) is 0.295. The molecule has 1 aromatic carbocycles. The molecule has 1 unspecified atom stereocenters. The van der Waals surface area contributed by atoms with Crippen LogP contribution < -0.4 is 5.73 Å². The summed E-state index contributed by atoms with van der Waals surface area (Å²) in [5.41, 5.74) is 7.64. The van der Waals surface area contributed by atoms with E-state index in [9.17, 15) is 0 Å². The lowest BCUT2D eigenvalue weighted by atomic mass is 10.2. The van der Waals surface area contributed by atoms with Gasteiger partial charge >= 0.3 is 0 Å². The first kappa shape index (κ1) is 15.1. The van der Waals surface area contributed by atoms with E-state index in [4.69, 9.17) is 10.5 Å². The van der Waals surface area contributed by atoms with Crippen LogP contribution >= 0.6 is 23.1 Å². The van der Waals surface area contributed by atoms with Crippen LogP contribution in [0, 0.1) is 0 Å². The number of aromatic nitrogens is 1. The fraction of sp³-hybridized carbons (Fsp3) is 0.533. The molecular weight excluding hydrogens is 302 g/mol. The van der Waals surface area contributed by atoms with Crippen LogP contribution in [0.3, 0.4) is 0 Å². The van der Waals surface area contributed by atoms with Gasteiger partial charge in [0.05, 0.1) is 22.9 Å². The number of thiazole rings is 1. The highest BCUT2D eigenvalue weighted by Gasteiger charge is 2.22. The first-order valence-corrected chi connectivity index (χ1v) is 9.06. The molecule has 2 heterocycles. The molecule has 6 heteroatoms. The Morgan fingerprint density at radius 1 is 1.52 bits per heavy atom. The Bertz CT molecular complexity index is 614. The van der Waals surface area contributed by atoms with Crippen molar-refractivity contribution in [2.75, 3.05) is 31.2 Å². The average molecular weight is 323 g/mol. The topological polar surface area (TPSA) is 51.4 Å². The lowest BCUT2D eigenvalue weighted by Gasteiger charge is -2.35. The van der Waals surface area contributed by atoms with Gasteiger partial charge in [-0.05, 0) is 32.0 Å². The number of fused-ring (bicyclic) bond motifs is 1. The zero-order chi connectivity index (χ0) is 14.8. The van der Waals surface area contributed by atoms with Crippen molar-refractivity contribution in [1.82, 2.24) is 9.88 Å². The van der Waals surface area contributed by atoms with Gasteiger partial charge < -0.3 is 10.5 Å². The predicted octanol–water partition coefficient (Wildman–Crippen LogP) is 3.08. The van der Waals surface area contributed by atoms with Gasteiger partial charge in [0.15, 0.2) is 4.34 Å². The second-order valence-electron chi connectivity index (χ2n) is 5.60. The van der Waals surface area contributed by atoms with E-state index >= 15 is 0 Å². The van der Waals surface area contributed by atoms with Gasteiger partial charge in [0.1, 0.15) is 0 Å². The van der Waals surface area contributed by atoms with Gasteiger partial charge in [-0.25, -0.2) is 4.98 Å². The molecule has 1 aliphatic rings. The second kappa shape index (κ2) is 6.52. The standard InChI is InChI=1S/C15H21N3OS2/c1-10(2)18-5-6-19-12(8-18)9-20-15-17-13-4-3-11(16)7-14(13)21-15/h3-4,7,10,12H,5-6,8-9,16H2,1-2H3. The van der Waals surface area contributed by atoms with E-state index in [-0.39, 0.29) is 0 Å². The molecule has 1 atom stereocenters. The number of hydrogen-bond donors (Lipinski definition) is 1. The lowest BCUT2D eigenvalue weighted by Crippen LogP contribution is -2.46. The monoisotopic (exact) mass is 323 g/mol. The van der Waals surface area contributed by atoms with Crippen LogP contribution in [-0.2, 0) is 4.74 Å². The third-order valence-electron chi connectivity index (χ3n) is 3.69. The van der Waals surface area contributed by atoms with Crippen LogP contribution in [0.1, 0.15) is 13.8 Å². The summed E-state index contributed by atoms with van der Waals surface area (Å²) in [7, 11) is 0. The highest BCUT2D eigenvalue weighted by Crippen LogP contribution is 2.31. The van der Waals surface area contributed by atoms with Crippen molar-refractivity contribution in [2.45, 2.75) is 30.3 Å². The molecule has 3 rings (SSSR count). The minimum atomic E-state index is 0.295. The molecule has 0 amide bonds. The van der Waals surface area contributed by atoms with E-state index in [1.807, 2.05) is 18.2 Å². The number of thioether (sulfide) groups is 1. The van der Waals surface area contributed by atoms with E-state index in [0.717, 1.165) is 45.7 Å². The number of nitrogens with two attached hydrogens (primary N) is 1. The summed E-state index contributed by atoms with van der Waals surface area (Å²) in [4.78, 5) is 7.13. The smallest absolute Gasteiger partial charge is 0.151 e. The van der Waals surface area contributed by atoms with Gasteiger partial charge in [-0.1, -0.05) is 11.8 Å². The minimum Gasteiger partial charge on any atom is -0.399 e. The summed E-state index contributed by atoms with van der Waals surface area (Å²) in [6.45, 7) is 7.38. The number of morpholine rings is 1. The number of ether oxygens (including phenoxy) is 1. The summed E-state index contributed by atoms with van der Waals surface area (Å²) < 4.78 is 8.12. The van der Waals surface area contributed by atoms with Crippen LogP contribution in [0.25, 0.3) is 10.2 Å². The van der Waals surface area contributed by atoms with Crippen LogP contribution in [0.5, 0.6) is 0 Å². The van der Waals surface area contributed by atoms with Gasteiger partial charge in [-0.3, -0.25) is 4.90 Å². The van der Waals surface area contributed by atoms with Gasteiger partial charge in [0.25, 0.3) is 0 Å². The molecule has 4 nitrogen and oxygen atoms in total. The molecule has 1 saturated heterocycles. The molecule has 0 spiro atoms. The Hall–Kier alpha value is -0.820. The van der Waals surface area contributed by atoms with E-state index < -0.39 is 0 Å². The molecule has 0 saturated carbocycles. The van der Waals surface area contributed by atoms with Crippen molar-refractivity contribution in [2.24, 2.45) is 0 Å². The highest BCUT2D eigenvalue weighted by atomic mass is 32.2. The predicted molar refractivity (Wildman–Crippen MR) is 91.2 cm³/mol. The molecule has 0 aliphatic carbocycles. The summed E-state index contributed by atoms with van der Waals surface area (Å²) in [5, 5.41) is 0. The second-order valence-corrected chi connectivity index (χ2v) is 7.90. The SMILES string of the molecule is CC(C)N1CCOC(CSc2nc3ccc(N)cc3s2)C1. The molecule has 114 valence electrons. The van der Waals surface area contributed by atoms with Crippen LogP contribution in [0.15, 0.2) is 22.5 Å². The van der Waals surface area contributed by atoms with Crippen molar-refractivity contribution < 1.29 is 4.74 Å². The van der Waals surface area contributed by atoms with Gasteiger partial charge in [-0.15, -0.1) is 11.3 Å². The van der Waals surface area contributed by atoms with Crippen LogP contribution in [0.4, 0.5) is 5.69 Å². The molecule has 0 radical (unpaired) electrons. The third-order valence-corrected chi connectivity index (χ3v) is 5.98. The van der Waals surface area contributed by atoms with Crippen molar-refractivity contribution in [3.63, 3.8) is 0 Å². The molecular formula is C15H21N3OS2. The average Bonchev–Trinajstić information content (AvgIpc) is 2.87. The normalized spacial score (nSPS) is 20.4. The van der Waals surface area contributed by atoms with Crippen molar-refractivity contribution >= 4 is 39.0 Å². The summed E-state index contributed by atoms with van der Waals surface area (Å²) >= 11 is 3.50. The number of nitrogens with zero attached hydrogens (tertiary/aromatic N) is 2. The van der Waals surface area contributed by atoms with Gasteiger partial charge in [0, 0.05) is 30.6 Å². The highest BCUT2D eigenvalue weighted by molar-refractivity contribution is 8.01. The van der Waals surface area contributed by atoms with Crippen LogP contribution in [-0.4, -0.2) is 47.5 Å². The third kappa shape index (κ3) is 3.69. The van der Waals surface area contributed by atoms with Gasteiger partial charge in [-0.2, -0.15) is 0 Å². The molecule has 1 aliphatic heterocycles. The Kier molecular flexibility index (Phi) is 4.69. The zero-order valence-electron chi connectivity index (χ0n) is 12.4. The maximum Gasteiger partial charge on any atom is 0.151 e. The minimum absolute atomic E-state index is 0.295. The Labute approximate surface area is 133 Å². The maximum atomic E-state index is 5.87. The molecule has 2 N–H and O–H groups in total. The van der Waals surface area contributed by atoms with E-state index in [1.54, 1.807) is 23.1 Å². The van der Waals surface area contributed by atoms with E-state index in [2.05, 4.69) is 23.7 Å². The van der Waals surface area contributed by atoms with E-state index in [1.165, 1.54) is 0 Å². The Balaban J connectivity index is 1.61. The number of benzene rings is 1. The molecule has 21 heavy (non-hydrogen) atoms. The quantitative estimate of drug-likeness (QED) is 0.692. The molecule has 0 bridgehead atoms. The largest absolute Gasteiger partial charge is 0.399 e. The molecule has 1 fully saturated rings. The fourth-order valence-corrected chi connectivity index (χ4v) is 4.61. The first-order valence-electron chi connectivity index (χ1n) is 7.26. The zero-order valence-corrected chi connectivity index (χ0v) is 14.0. The van der Waals surface area contributed by atoms with Gasteiger partial charge in [0.2, 0.25) is 0 Å². The van der Waals surface area contributed by atoms with Crippen molar-refractivity contribution in [3.8, 4) is 0 Å². The fourth-order valence-electron chi connectivity index (χ4n) is 2.46. The number of anilines is 1. The number of hydrogen-bond acceptors (Lipinski definition) is 6. The summed E-state index contributed by atoms with van der Waals surface area (Å²) in [5.74, 6) is 0.957. The van der Waals surface area contributed by atoms with Crippen LogP contribution in [0.2, 0.25) is 0 Å². The molecule has 2 aromatic rings. The van der Waals surface area contributed by atoms with E-state index in [0.29, 0.717) is 12.1 Å². The first-order chi connectivity index (χ1) is 10.1. The number of nitrogen functional groups attached to an aromatic ring is 1. The summed E-state index contributed by atoms with van der Waals surface area (Å²) in [6, 6.07) is 6.48. The lowest BCUT2D eigenvalue weighted by molar-refractivity contribution is -0.0265. The Morgan fingerprint density at radius 3 is 3.19 bits per heavy atom. The number of rotatable bonds is 4.